The molecule has 0 radical (unpaired) electrons. The SMILES string of the molecule is C=CNC1CCNC(=O)CC1. The quantitative estimate of drug-likeness (QED) is 0.604. The maximum absolute atomic E-state index is 10.9. The molecule has 1 amide bonds. The minimum atomic E-state index is 0.165. The summed E-state index contributed by atoms with van der Waals surface area (Å²) >= 11 is 0. The van der Waals surface area contributed by atoms with Gasteiger partial charge in [0.05, 0.1) is 0 Å². The molecule has 11 heavy (non-hydrogen) atoms. The molecule has 0 aliphatic carbocycles. The molecule has 1 fully saturated rings. The summed E-state index contributed by atoms with van der Waals surface area (Å²) in [7, 11) is 0. The topological polar surface area (TPSA) is 41.1 Å². The first-order chi connectivity index (χ1) is 5.33. The number of hydrogen-bond donors (Lipinski definition) is 2. The van der Waals surface area contributed by atoms with Gasteiger partial charge < -0.3 is 10.6 Å². The molecule has 1 rings (SSSR count). The number of carbonyl (C=O) groups excluding carboxylic acids is 1. The van der Waals surface area contributed by atoms with Crippen LogP contribution in [0.15, 0.2) is 12.8 Å². The maximum atomic E-state index is 10.9. The van der Waals surface area contributed by atoms with E-state index in [1.54, 1.807) is 6.20 Å². The molecule has 1 unspecified atom stereocenters. The van der Waals surface area contributed by atoms with Crippen molar-refractivity contribution >= 4 is 5.91 Å². The molecule has 0 spiro atoms. The van der Waals surface area contributed by atoms with Crippen LogP contribution in [0.3, 0.4) is 0 Å². The van der Waals surface area contributed by atoms with Gasteiger partial charge >= 0.3 is 0 Å². The number of carbonyl (C=O) groups is 1. The van der Waals surface area contributed by atoms with Gasteiger partial charge in [-0.3, -0.25) is 4.79 Å². The van der Waals surface area contributed by atoms with Crippen LogP contribution in [-0.4, -0.2) is 18.5 Å². The number of rotatable bonds is 2. The van der Waals surface area contributed by atoms with Gasteiger partial charge in [-0.2, -0.15) is 0 Å². The van der Waals surface area contributed by atoms with Crippen molar-refractivity contribution in [3.8, 4) is 0 Å². The van der Waals surface area contributed by atoms with E-state index in [2.05, 4.69) is 17.2 Å². The summed E-state index contributed by atoms with van der Waals surface area (Å²) in [5.41, 5.74) is 0. The Labute approximate surface area is 66.9 Å². The van der Waals surface area contributed by atoms with E-state index in [9.17, 15) is 4.79 Å². The maximum Gasteiger partial charge on any atom is 0.220 e. The first kappa shape index (κ1) is 8.11. The summed E-state index contributed by atoms with van der Waals surface area (Å²) in [5, 5.41) is 5.94. The molecule has 0 bridgehead atoms. The van der Waals surface area contributed by atoms with Gasteiger partial charge in [-0.05, 0) is 19.0 Å². The Kier molecular flexibility index (Phi) is 2.95. The van der Waals surface area contributed by atoms with E-state index >= 15 is 0 Å². The van der Waals surface area contributed by atoms with E-state index < -0.39 is 0 Å². The Bertz CT molecular complexity index is 156. The molecule has 1 aliphatic heterocycles. The standard InChI is InChI=1S/C8H14N2O/c1-2-9-7-3-4-8(11)10-6-5-7/h2,7,9H,1,3-6H2,(H,10,11). The molecule has 62 valence electrons. The molecule has 0 aromatic rings. The van der Waals surface area contributed by atoms with Crippen LogP contribution in [0.4, 0.5) is 0 Å². The zero-order valence-electron chi connectivity index (χ0n) is 6.60. The highest BCUT2D eigenvalue weighted by Crippen LogP contribution is 2.05. The molecular formula is C8H14N2O. The van der Waals surface area contributed by atoms with Gasteiger partial charge in [0.25, 0.3) is 0 Å². The zero-order chi connectivity index (χ0) is 8.10. The average molecular weight is 154 g/mol. The van der Waals surface area contributed by atoms with Crippen LogP contribution in [-0.2, 0) is 4.79 Å². The first-order valence-electron chi connectivity index (χ1n) is 3.96. The lowest BCUT2D eigenvalue weighted by Gasteiger charge is -2.11. The molecule has 1 saturated heterocycles. The molecule has 1 aliphatic rings. The van der Waals surface area contributed by atoms with Crippen LogP contribution < -0.4 is 10.6 Å². The van der Waals surface area contributed by atoms with Crippen LogP contribution in [0.1, 0.15) is 19.3 Å². The highest BCUT2D eigenvalue weighted by atomic mass is 16.1. The molecule has 3 heteroatoms. The fourth-order valence-corrected chi connectivity index (χ4v) is 1.26. The summed E-state index contributed by atoms with van der Waals surface area (Å²) in [6.07, 6.45) is 4.24. The second-order valence-corrected chi connectivity index (χ2v) is 2.75. The molecule has 3 nitrogen and oxygen atoms in total. The molecule has 0 aromatic carbocycles. The summed E-state index contributed by atoms with van der Waals surface area (Å²) in [6.45, 7) is 4.37. The summed E-state index contributed by atoms with van der Waals surface area (Å²) in [4.78, 5) is 10.9. The molecule has 1 heterocycles. The van der Waals surface area contributed by atoms with E-state index in [4.69, 9.17) is 0 Å². The third-order valence-corrected chi connectivity index (χ3v) is 1.89. The first-order valence-corrected chi connectivity index (χ1v) is 3.96. The Hall–Kier alpha value is -0.990. The predicted octanol–water partition coefficient (Wildman–Crippen LogP) is 0.388. The Morgan fingerprint density at radius 2 is 2.45 bits per heavy atom. The van der Waals surface area contributed by atoms with Gasteiger partial charge in [0.1, 0.15) is 0 Å². The number of nitrogens with one attached hydrogen (secondary N) is 2. The Morgan fingerprint density at radius 3 is 3.18 bits per heavy atom. The predicted molar refractivity (Wildman–Crippen MR) is 44.0 cm³/mol. The van der Waals surface area contributed by atoms with Gasteiger partial charge in [0, 0.05) is 19.0 Å². The van der Waals surface area contributed by atoms with Crippen molar-refractivity contribution in [1.82, 2.24) is 10.6 Å². The fourth-order valence-electron chi connectivity index (χ4n) is 1.26. The van der Waals surface area contributed by atoms with Crippen molar-refractivity contribution in [2.75, 3.05) is 6.54 Å². The Morgan fingerprint density at radius 1 is 1.64 bits per heavy atom. The summed E-state index contributed by atoms with van der Waals surface area (Å²) < 4.78 is 0. The zero-order valence-corrected chi connectivity index (χ0v) is 6.60. The third-order valence-electron chi connectivity index (χ3n) is 1.89. The van der Waals surface area contributed by atoms with Gasteiger partial charge in [-0.1, -0.05) is 6.58 Å². The molecular weight excluding hydrogens is 140 g/mol. The summed E-state index contributed by atoms with van der Waals surface area (Å²) in [6, 6.07) is 0.423. The van der Waals surface area contributed by atoms with Crippen molar-refractivity contribution in [2.24, 2.45) is 0 Å². The smallest absolute Gasteiger partial charge is 0.220 e. The average Bonchev–Trinajstić information content (AvgIpc) is 2.17. The van der Waals surface area contributed by atoms with Crippen LogP contribution >= 0.6 is 0 Å². The van der Waals surface area contributed by atoms with E-state index in [1.165, 1.54) is 0 Å². The number of amides is 1. The fraction of sp³-hybridized carbons (Fsp3) is 0.625. The second-order valence-electron chi connectivity index (χ2n) is 2.75. The van der Waals surface area contributed by atoms with Crippen LogP contribution in [0.25, 0.3) is 0 Å². The molecule has 0 aromatic heterocycles. The minimum Gasteiger partial charge on any atom is -0.389 e. The molecule has 1 atom stereocenters. The monoisotopic (exact) mass is 154 g/mol. The van der Waals surface area contributed by atoms with Crippen molar-refractivity contribution in [1.29, 1.82) is 0 Å². The van der Waals surface area contributed by atoms with Gasteiger partial charge in [0.15, 0.2) is 0 Å². The van der Waals surface area contributed by atoms with E-state index in [-0.39, 0.29) is 5.91 Å². The van der Waals surface area contributed by atoms with Crippen LogP contribution in [0.2, 0.25) is 0 Å². The van der Waals surface area contributed by atoms with Crippen LogP contribution in [0, 0.1) is 0 Å². The minimum absolute atomic E-state index is 0.165. The highest BCUT2D eigenvalue weighted by molar-refractivity contribution is 5.76. The van der Waals surface area contributed by atoms with Gasteiger partial charge in [-0.25, -0.2) is 0 Å². The van der Waals surface area contributed by atoms with E-state index in [0.29, 0.717) is 12.5 Å². The van der Waals surface area contributed by atoms with Gasteiger partial charge in [-0.15, -0.1) is 0 Å². The number of hydrogen-bond acceptors (Lipinski definition) is 2. The van der Waals surface area contributed by atoms with Crippen molar-refractivity contribution < 1.29 is 4.79 Å². The lowest BCUT2D eigenvalue weighted by molar-refractivity contribution is -0.120. The normalized spacial score (nSPS) is 25.1. The highest BCUT2D eigenvalue weighted by Gasteiger charge is 2.13. The van der Waals surface area contributed by atoms with Crippen molar-refractivity contribution in [3.63, 3.8) is 0 Å². The Balaban J connectivity index is 2.33. The second kappa shape index (κ2) is 4.01. The van der Waals surface area contributed by atoms with E-state index in [0.717, 1.165) is 19.4 Å². The molecule has 0 saturated carbocycles. The van der Waals surface area contributed by atoms with Crippen molar-refractivity contribution in [3.05, 3.63) is 12.8 Å². The van der Waals surface area contributed by atoms with Gasteiger partial charge in [0.2, 0.25) is 5.91 Å². The lowest BCUT2D eigenvalue weighted by Crippen LogP contribution is -2.25. The lowest BCUT2D eigenvalue weighted by atomic mass is 10.1. The van der Waals surface area contributed by atoms with E-state index in [1.807, 2.05) is 0 Å². The molecule has 2 N–H and O–H groups in total. The van der Waals surface area contributed by atoms with Crippen molar-refractivity contribution in [2.45, 2.75) is 25.3 Å². The van der Waals surface area contributed by atoms with Crippen LogP contribution in [0.5, 0.6) is 0 Å². The largest absolute Gasteiger partial charge is 0.389 e. The third kappa shape index (κ3) is 2.62. The summed E-state index contributed by atoms with van der Waals surface area (Å²) in [5.74, 6) is 0.165.